The van der Waals surface area contributed by atoms with E-state index >= 15 is 0 Å². The minimum absolute atomic E-state index is 0.0476. The first-order valence-electron chi connectivity index (χ1n) is 7.29. The number of aryl methyl sites for hydroxylation is 1. The Morgan fingerprint density at radius 3 is 2.59 bits per heavy atom. The average Bonchev–Trinajstić information content (AvgIpc) is 2.91. The number of aliphatic hydroxyl groups excluding tert-OH is 1. The Balaban J connectivity index is 1.55. The van der Waals surface area contributed by atoms with Gasteiger partial charge >= 0.3 is 5.97 Å². The number of ether oxygens (including phenoxy) is 4. The van der Waals surface area contributed by atoms with Crippen molar-refractivity contribution in [2.24, 2.45) is 0 Å². The lowest BCUT2D eigenvalue weighted by Gasteiger charge is -2.22. The fourth-order valence-electron chi connectivity index (χ4n) is 2.63. The van der Waals surface area contributed by atoms with E-state index in [-0.39, 0.29) is 6.61 Å². The molecular formula is C16H20O6. The molecule has 2 aliphatic heterocycles. The molecule has 22 heavy (non-hydrogen) atoms. The number of esters is 1. The van der Waals surface area contributed by atoms with Crippen molar-refractivity contribution >= 4 is 5.97 Å². The van der Waals surface area contributed by atoms with Crippen molar-refractivity contribution < 1.29 is 28.8 Å². The van der Waals surface area contributed by atoms with Gasteiger partial charge in [-0.3, -0.25) is 0 Å². The molecule has 0 aliphatic carbocycles. The second kappa shape index (κ2) is 5.62. The van der Waals surface area contributed by atoms with Crippen LogP contribution < -0.4 is 0 Å². The van der Waals surface area contributed by atoms with E-state index in [2.05, 4.69) is 0 Å². The van der Waals surface area contributed by atoms with Gasteiger partial charge in [0.25, 0.3) is 0 Å². The fraction of sp³-hybridized carbons (Fsp3) is 0.562. The summed E-state index contributed by atoms with van der Waals surface area (Å²) < 4.78 is 21.9. The normalized spacial score (nSPS) is 32.7. The van der Waals surface area contributed by atoms with Gasteiger partial charge in [0.05, 0.1) is 5.56 Å². The van der Waals surface area contributed by atoms with Crippen molar-refractivity contribution in [3.63, 3.8) is 0 Å². The summed E-state index contributed by atoms with van der Waals surface area (Å²) in [6.45, 7) is 5.41. The molecule has 6 nitrogen and oxygen atoms in total. The monoisotopic (exact) mass is 308 g/mol. The molecule has 0 unspecified atom stereocenters. The zero-order valence-corrected chi connectivity index (χ0v) is 12.8. The number of aliphatic hydroxyl groups is 1. The minimum Gasteiger partial charge on any atom is -0.459 e. The van der Waals surface area contributed by atoms with E-state index in [0.29, 0.717) is 5.56 Å². The lowest BCUT2D eigenvalue weighted by Crippen LogP contribution is -2.37. The highest BCUT2D eigenvalue weighted by Gasteiger charge is 2.54. The van der Waals surface area contributed by atoms with Crippen LogP contribution in [0.5, 0.6) is 0 Å². The van der Waals surface area contributed by atoms with Gasteiger partial charge in [0.15, 0.2) is 12.1 Å². The Hall–Kier alpha value is -1.47. The van der Waals surface area contributed by atoms with Gasteiger partial charge in [0, 0.05) is 0 Å². The molecule has 120 valence electrons. The molecular weight excluding hydrogens is 288 g/mol. The minimum atomic E-state index is -0.891. The van der Waals surface area contributed by atoms with Crippen LogP contribution >= 0.6 is 0 Å². The summed E-state index contributed by atoms with van der Waals surface area (Å²) in [6.07, 6.45) is -2.73. The summed E-state index contributed by atoms with van der Waals surface area (Å²) in [7, 11) is 0. The van der Waals surface area contributed by atoms with E-state index in [4.69, 9.17) is 18.9 Å². The first-order chi connectivity index (χ1) is 10.4. The zero-order chi connectivity index (χ0) is 15.9. The topological polar surface area (TPSA) is 74.2 Å². The highest BCUT2D eigenvalue weighted by atomic mass is 16.8. The predicted octanol–water partition coefficient (Wildman–Crippen LogP) is 1.39. The Kier molecular flexibility index (Phi) is 3.94. The highest BCUT2D eigenvalue weighted by molar-refractivity contribution is 5.89. The number of carbonyl (C=O) groups excluding carboxylic acids is 1. The third-order valence-electron chi connectivity index (χ3n) is 3.78. The van der Waals surface area contributed by atoms with Crippen molar-refractivity contribution in [3.05, 3.63) is 35.4 Å². The molecule has 1 aromatic rings. The van der Waals surface area contributed by atoms with Crippen LogP contribution in [0.2, 0.25) is 0 Å². The fourth-order valence-corrected chi connectivity index (χ4v) is 2.63. The van der Waals surface area contributed by atoms with Gasteiger partial charge in [0.1, 0.15) is 24.9 Å². The summed E-state index contributed by atoms with van der Waals surface area (Å²) in [4.78, 5) is 11.9. The second-order valence-electron chi connectivity index (χ2n) is 6.10. The summed E-state index contributed by atoms with van der Waals surface area (Å²) in [6, 6.07) is 7.08. The molecule has 2 aliphatic rings. The molecule has 2 heterocycles. The number of hydrogen-bond acceptors (Lipinski definition) is 6. The van der Waals surface area contributed by atoms with Crippen LogP contribution in [-0.4, -0.2) is 48.1 Å². The van der Waals surface area contributed by atoms with Gasteiger partial charge in [-0.25, -0.2) is 4.79 Å². The lowest BCUT2D eigenvalue weighted by atomic mass is 10.1. The van der Waals surface area contributed by atoms with Crippen molar-refractivity contribution in [2.75, 3.05) is 6.61 Å². The number of benzene rings is 1. The summed E-state index contributed by atoms with van der Waals surface area (Å²) in [5.41, 5.74) is 1.53. The van der Waals surface area contributed by atoms with Crippen molar-refractivity contribution in [1.82, 2.24) is 0 Å². The maximum Gasteiger partial charge on any atom is 0.338 e. The van der Waals surface area contributed by atoms with E-state index < -0.39 is 36.4 Å². The molecule has 3 rings (SSSR count). The quantitative estimate of drug-likeness (QED) is 0.851. The van der Waals surface area contributed by atoms with Crippen molar-refractivity contribution in [2.45, 2.75) is 51.2 Å². The van der Waals surface area contributed by atoms with Crippen molar-refractivity contribution in [1.29, 1.82) is 0 Å². The Morgan fingerprint density at radius 1 is 1.27 bits per heavy atom. The van der Waals surface area contributed by atoms with Crippen LogP contribution in [0.3, 0.4) is 0 Å². The maximum atomic E-state index is 11.9. The molecule has 4 atom stereocenters. The van der Waals surface area contributed by atoms with E-state index in [1.165, 1.54) is 0 Å². The Bertz CT molecular complexity index is 552. The maximum absolute atomic E-state index is 11.9. The summed E-state index contributed by atoms with van der Waals surface area (Å²) in [5.74, 6) is -1.23. The SMILES string of the molecule is Cc1ccc(C(=O)OC[C@H]2O[C@@H]3OC(C)(C)O[C@@H]3[C@H]2O)cc1. The second-order valence-corrected chi connectivity index (χ2v) is 6.10. The molecule has 1 N–H and O–H groups in total. The smallest absolute Gasteiger partial charge is 0.338 e. The van der Waals surface area contributed by atoms with Crippen LogP contribution in [-0.2, 0) is 18.9 Å². The van der Waals surface area contributed by atoms with E-state index in [1.54, 1.807) is 26.0 Å². The van der Waals surface area contributed by atoms with Crippen molar-refractivity contribution in [3.8, 4) is 0 Å². The molecule has 0 spiro atoms. The summed E-state index contributed by atoms with van der Waals surface area (Å²) in [5, 5.41) is 10.2. The van der Waals surface area contributed by atoms with E-state index in [9.17, 15) is 9.90 Å². The molecule has 0 saturated carbocycles. The number of fused-ring (bicyclic) bond motifs is 1. The van der Waals surface area contributed by atoms with Crippen LogP contribution in [0, 0.1) is 6.92 Å². The number of rotatable bonds is 3. The van der Waals surface area contributed by atoms with Gasteiger partial charge in [-0.1, -0.05) is 17.7 Å². The van der Waals surface area contributed by atoms with Gasteiger partial charge in [-0.05, 0) is 32.9 Å². The Morgan fingerprint density at radius 2 is 1.95 bits per heavy atom. The van der Waals surface area contributed by atoms with Gasteiger partial charge in [-0.2, -0.15) is 0 Å². The van der Waals surface area contributed by atoms with Crippen LogP contribution in [0.15, 0.2) is 24.3 Å². The zero-order valence-electron chi connectivity index (χ0n) is 12.8. The largest absolute Gasteiger partial charge is 0.459 e. The van der Waals surface area contributed by atoms with Gasteiger partial charge < -0.3 is 24.1 Å². The third kappa shape index (κ3) is 3.01. The molecule has 1 aromatic carbocycles. The standard InChI is InChI=1S/C16H20O6/c1-9-4-6-10(7-5-9)14(18)19-8-11-12(17)13-15(20-11)22-16(2,3)21-13/h4-7,11-13,15,17H,8H2,1-3H3/t11-,12+,13-,15-/m1/s1. The molecule has 0 aromatic heterocycles. The van der Waals surface area contributed by atoms with Crippen LogP contribution in [0.4, 0.5) is 0 Å². The number of hydrogen-bond donors (Lipinski definition) is 1. The summed E-state index contributed by atoms with van der Waals surface area (Å²) >= 11 is 0. The first-order valence-corrected chi connectivity index (χ1v) is 7.29. The number of carbonyl (C=O) groups is 1. The molecule has 2 fully saturated rings. The first kappa shape index (κ1) is 15.4. The average molecular weight is 308 g/mol. The molecule has 0 bridgehead atoms. The third-order valence-corrected chi connectivity index (χ3v) is 3.78. The lowest BCUT2D eigenvalue weighted by molar-refractivity contribution is -0.218. The molecule has 0 radical (unpaired) electrons. The van der Waals surface area contributed by atoms with E-state index in [0.717, 1.165) is 5.56 Å². The molecule has 2 saturated heterocycles. The molecule has 6 heteroatoms. The highest BCUT2D eigenvalue weighted by Crippen LogP contribution is 2.37. The van der Waals surface area contributed by atoms with Crippen LogP contribution in [0.25, 0.3) is 0 Å². The van der Waals surface area contributed by atoms with Gasteiger partial charge in [-0.15, -0.1) is 0 Å². The van der Waals surface area contributed by atoms with E-state index in [1.807, 2.05) is 19.1 Å². The van der Waals surface area contributed by atoms with Crippen LogP contribution in [0.1, 0.15) is 29.8 Å². The Labute approximate surface area is 128 Å². The molecule has 0 amide bonds. The van der Waals surface area contributed by atoms with Gasteiger partial charge in [0.2, 0.25) is 0 Å². The predicted molar refractivity (Wildman–Crippen MR) is 76.2 cm³/mol.